The molecule has 2 N–H and O–H groups in total. The molecule has 2 aromatic rings. The van der Waals surface area contributed by atoms with Crippen LogP contribution in [0, 0.1) is 13.8 Å². The number of aromatic amines is 1. The summed E-state index contributed by atoms with van der Waals surface area (Å²) in [5.41, 5.74) is 2.18. The Hall–Kier alpha value is -3.07. The standard InChI is InChI=1S/C21H22N2O6S/c1-9-16(21(27)28-5)10(2)22-17(9)18(24)11(3)29-20(26)13-6-7-15-14(8-13)23-19(25)12(4)30-15/h6-8,11-12,22H,1-5H3,(H,23,25). The molecule has 1 aromatic heterocycles. The van der Waals surface area contributed by atoms with E-state index in [9.17, 15) is 19.2 Å². The molecule has 3 rings (SSSR count). The van der Waals surface area contributed by atoms with Gasteiger partial charge in [0.05, 0.1) is 34.9 Å². The molecular formula is C21H22N2O6S. The van der Waals surface area contributed by atoms with Crippen LogP contribution in [0.4, 0.5) is 5.69 Å². The summed E-state index contributed by atoms with van der Waals surface area (Å²) < 4.78 is 10.1. The van der Waals surface area contributed by atoms with Crippen LogP contribution in [-0.2, 0) is 14.3 Å². The van der Waals surface area contributed by atoms with E-state index >= 15 is 0 Å². The molecule has 0 aliphatic carbocycles. The summed E-state index contributed by atoms with van der Waals surface area (Å²) >= 11 is 1.41. The molecule has 9 heteroatoms. The molecule has 0 spiro atoms. The Kier molecular flexibility index (Phi) is 6.02. The Morgan fingerprint density at radius 1 is 1.17 bits per heavy atom. The molecule has 0 fully saturated rings. The highest BCUT2D eigenvalue weighted by molar-refractivity contribution is 8.00. The second-order valence-corrected chi connectivity index (χ2v) is 8.37. The van der Waals surface area contributed by atoms with Crippen LogP contribution in [0.5, 0.6) is 0 Å². The van der Waals surface area contributed by atoms with E-state index in [-0.39, 0.29) is 28.0 Å². The van der Waals surface area contributed by atoms with Crippen LogP contribution in [0.25, 0.3) is 0 Å². The SMILES string of the molecule is COC(=O)c1c(C)[nH]c(C(=O)C(C)OC(=O)c2ccc3c(c2)NC(=O)C(C)S3)c1C. The van der Waals surface area contributed by atoms with E-state index in [1.807, 2.05) is 0 Å². The van der Waals surface area contributed by atoms with E-state index in [0.29, 0.717) is 16.9 Å². The van der Waals surface area contributed by atoms with E-state index < -0.39 is 23.8 Å². The summed E-state index contributed by atoms with van der Waals surface area (Å²) in [5, 5.41) is 2.54. The first kappa shape index (κ1) is 21.6. The monoisotopic (exact) mass is 430 g/mol. The van der Waals surface area contributed by atoms with Crippen LogP contribution < -0.4 is 5.32 Å². The van der Waals surface area contributed by atoms with Gasteiger partial charge in [-0.05, 0) is 51.5 Å². The molecule has 30 heavy (non-hydrogen) atoms. The number of ketones is 1. The first-order valence-electron chi connectivity index (χ1n) is 9.28. The molecular weight excluding hydrogens is 408 g/mol. The van der Waals surface area contributed by atoms with E-state index in [2.05, 4.69) is 10.3 Å². The molecule has 1 aliphatic rings. The maximum Gasteiger partial charge on any atom is 0.339 e. The molecule has 0 radical (unpaired) electrons. The number of esters is 2. The van der Waals surface area contributed by atoms with E-state index in [4.69, 9.17) is 9.47 Å². The highest BCUT2D eigenvalue weighted by atomic mass is 32.2. The predicted octanol–water partition coefficient (Wildman–Crippen LogP) is 3.28. The van der Waals surface area contributed by atoms with Gasteiger partial charge in [0.2, 0.25) is 11.7 Å². The Labute approximate surface area is 177 Å². The number of thioether (sulfide) groups is 1. The number of carbonyl (C=O) groups is 4. The second kappa shape index (κ2) is 8.35. The average molecular weight is 430 g/mol. The number of ether oxygens (including phenoxy) is 2. The molecule has 2 heterocycles. The van der Waals surface area contributed by atoms with Crippen LogP contribution >= 0.6 is 11.8 Å². The first-order chi connectivity index (χ1) is 14.1. The summed E-state index contributed by atoms with van der Waals surface area (Å²) in [6, 6.07) is 4.86. The molecule has 2 unspecified atom stereocenters. The lowest BCUT2D eigenvalue weighted by Gasteiger charge is -2.21. The number of rotatable bonds is 5. The highest BCUT2D eigenvalue weighted by Crippen LogP contribution is 2.36. The van der Waals surface area contributed by atoms with Gasteiger partial charge in [0, 0.05) is 10.6 Å². The van der Waals surface area contributed by atoms with Gasteiger partial charge in [-0.15, -0.1) is 11.8 Å². The zero-order valence-electron chi connectivity index (χ0n) is 17.2. The number of fused-ring (bicyclic) bond motifs is 1. The van der Waals surface area contributed by atoms with Crippen molar-refractivity contribution < 1.29 is 28.7 Å². The number of aromatic nitrogens is 1. The number of H-pyrrole nitrogens is 1. The van der Waals surface area contributed by atoms with Crippen LogP contribution in [0.2, 0.25) is 0 Å². The van der Waals surface area contributed by atoms with Crippen molar-refractivity contribution in [3.63, 3.8) is 0 Å². The first-order valence-corrected chi connectivity index (χ1v) is 10.2. The Morgan fingerprint density at radius 2 is 1.87 bits per heavy atom. The fraction of sp³-hybridized carbons (Fsp3) is 0.333. The van der Waals surface area contributed by atoms with Crippen LogP contribution in [0.15, 0.2) is 23.1 Å². The maximum atomic E-state index is 12.8. The summed E-state index contributed by atoms with van der Waals surface area (Å²) in [7, 11) is 1.26. The topological polar surface area (TPSA) is 115 Å². The van der Waals surface area contributed by atoms with Gasteiger partial charge < -0.3 is 19.8 Å². The molecule has 0 bridgehead atoms. The molecule has 8 nitrogen and oxygen atoms in total. The smallest absolute Gasteiger partial charge is 0.339 e. The van der Waals surface area contributed by atoms with Crippen LogP contribution in [0.3, 0.4) is 0 Å². The van der Waals surface area contributed by atoms with Crippen molar-refractivity contribution >= 4 is 41.1 Å². The summed E-state index contributed by atoms with van der Waals surface area (Å²) in [6.07, 6.45) is -1.08. The minimum Gasteiger partial charge on any atom is -0.465 e. The van der Waals surface area contributed by atoms with E-state index in [1.54, 1.807) is 32.9 Å². The zero-order chi connectivity index (χ0) is 22.2. The van der Waals surface area contributed by atoms with Gasteiger partial charge in [0.25, 0.3) is 0 Å². The van der Waals surface area contributed by atoms with Gasteiger partial charge in [0.1, 0.15) is 0 Å². The predicted molar refractivity (Wildman–Crippen MR) is 111 cm³/mol. The van der Waals surface area contributed by atoms with Crippen LogP contribution in [-0.4, -0.2) is 47.1 Å². The van der Waals surface area contributed by atoms with Crippen molar-refractivity contribution in [2.24, 2.45) is 0 Å². The normalized spacial score (nSPS) is 16.3. The Bertz CT molecular complexity index is 1060. The van der Waals surface area contributed by atoms with Crippen molar-refractivity contribution in [3.8, 4) is 0 Å². The number of carbonyl (C=O) groups excluding carboxylic acids is 4. The van der Waals surface area contributed by atoms with Gasteiger partial charge in [-0.25, -0.2) is 9.59 Å². The Morgan fingerprint density at radius 3 is 2.53 bits per heavy atom. The van der Waals surface area contributed by atoms with Crippen molar-refractivity contribution in [1.29, 1.82) is 0 Å². The van der Waals surface area contributed by atoms with Crippen molar-refractivity contribution in [3.05, 3.63) is 46.3 Å². The van der Waals surface area contributed by atoms with Crippen molar-refractivity contribution in [2.45, 2.75) is 43.9 Å². The van der Waals surface area contributed by atoms with E-state index in [0.717, 1.165) is 4.90 Å². The number of amides is 1. The lowest BCUT2D eigenvalue weighted by atomic mass is 10.1. The molecule has 1 amide bonds. The van der Waals surface area contributed by atoms with Crippen molar-refractivity contribution in [1.82, 2.24) is 4.98 Å². The lowest BCUT2D eigenvalue weighted by molar-refractivity contribution is -0.115. The molecule has 1 aromatic carbocycles. The molecule has 158 valence electrons. The molecule has 0 saturated heterocycles. The Balaban J connectivity index is 1.77. The minimum atomic E-state index is -1.08. The third kappa shape index (κ3) is 3.97. The fourth-order valence-corrected chi connectivity index (χ4v) is 4.16. The van der Waals surface area contributed by atoms with E-state index in [1.165, 1.54) is 31.9 Å². The minimum absolute atomic E-state index is 0.138. The fourth-order valence-electron chi connectivity index (χ4n) is 3.23. The molecule has 2 atom stereocenters. The number of aryl methyl sites for hydroxylation is 1. The lowest BCUT2D eigenvalue weighted by Crippen LogP contribution is -2.27. The summed E-state index contributed by atoms with van der Waals surface area (Å²) in [6.45, 7) is 6.55. The zero-order valence-corrected chi connectivity index (χ0v) is 18.1. The largest absolute Gasteiger partial charge is 0.465 e. The summed E-state index contributed by atoms with van der Waals surface area (Å²) in [4.78, 5) is 52.9. The van der Waals surface area contributed by atoms with Gasteiger partial charge in [-0.1, -0.05) is 0 Å². The number of hydrogen-bond acceptors (Lipinski definition) is 7. The number of nitrogens with one attached hydrogen (secondary N) is 2. The van der Waals surface area contributed by atoms with Gasteiger partial charge in [-0.2, -0.15) is 0 Å². The second-order valence-electron chi connectivity index (χ2n) is 6.99. The third-order valence-corrected chi connectivity index (χ3v) is 6.05. The number of methoxy groups -OCH3 is 1. The highest BCUT2D eigenvalue weighted by Gasteiger charge is 2.28. The number of anilines is 1. The number of hydrogen-bond donors (Lipinski definition) is 2. The quantitative estimate of drug-likeness (QED) is 0.553. The van der Waals surface area contributed by atoms with Crippen molar-refractivity contribution in [2.75, 3.05) is 12.4 Å². The number of benzene rings is 1. The number of Topliss-reactive ketones (excluding diaryl/α,β-unsaturated/α-hetero) is 1. The molecule has 1 aliphatic heterocycles. The molecule has 0 saturated carbocycles. The van der Waals surface area contributed by atoms with Gasteiger partial charge in [-0.3, -0.25) is 9.59 Å². The van der Waals surface area contributed by atoms with Crippen LogP contribution in [0.1, 0.15) is 56.3 Å². The van der Waals surface area contributed by atoms with Gasteiger partial charge >= 0.3 is 11.9 Å². The average Bonchev–Trinajstić information content (AvgIpc) is 3.01. The summed E-state index contributed by atoms with van der Waals surface area (Å²) in [5.74, 6) is -1.84. The third-order valence-electron chi connectivity index (χ3n) is 4.87. The maximum absolute atomic E-state index is 12.8. The van der Waals surface area contributed by atoms with Gasteiger partial charge in [0.15, 0.2) is 6.10 Å².